The highest BCUT2D eigenvalue weighted by Gasteiger charge is 2.20. The minimum absolute atomic E-state index is 0.0363. The first-order valence-electron chi connectivity index (χ1n) is 6.12. The van der Waals surface area contributed by atoms with Crippen LogP contribution in [0.1, 0.15) is 13.3 Å². The van der Waals surface area contributed by atoms with E-state index in [4.69, 9.17) is 5.11 Å². The number of anilines is 1. The summed E-state index contributed by atoms with van der Waals surface area (Å²) in [5.41, 5.74) is 0.0811. The normalized spacial score (nSPS) is 11.9. The van der Waals surface area contributed by atoms with Gasteiger partial charge in [-0.05, 0) is 0 Å². The zero-order valence-electron chi connectivity index (χ0n) is 11.4. The van der Waals surface area contributed by atoms with Gasteiger partial charge < -0.3 is 26.0 Å². The number of hydrogen-bond donors (Lipinski definition) is 5. The summed E-state index contributed by atoms with van der Waals surface area (Å²) in [5.74, 6) is -1.87. The summed E-state index contributed by atoms with van der Waals surface area (Å²) in [5, 5.41) is 32.4. The van der Waals surface area contributed by atoms with E-state index < -0.39 is 11.8 Å². The molecular weight excluding hydrogens is 266 g/mol. The monoisotopic (exact) mass is 285 g/mol. The summed E-state index contributed by atoms with van der Waals surface area (Å²) in [6, 6.07) is 1.21. The zero-order valence-corrected chi connectivity index (χ0v) is 11.4. The third kappa shape index (κ3) is 3.89. The molecule has 0 saturated carbocycles. The van der Waals surface area contributed by atoms with Crippen LogP contribution in [0.5, 0.6) is 11.8 Å². The number of carbonyl (C=O) groups excluding carboxylic acids is 2. The van der Waals surface area contributed by atoms with E-state index in [2.05, 4.69) is 10.6 Å². The molecule has 1 aromatic heterocycles. The number of aliphatic hydroxyl groups excluding tert-OH is 1. The van der Waals surface area contributed by atoms with Gasteiger partial charge in [-0.25, -0.2) is 0 Å². The number of nitrogens with one attached hydrogen (secondary N) is 2. The molecule has 0 radical (unpaired) electrons. The number of hydrogen-bond acceptors (Lipinski definition) is 5. The molecule has 5 N–H and O–H groups in total. The Morgan fingerprint density at radius 1 is 1.40 bits per heavy atom. The number of nitrogens with zero attached hydrogens (tertiary/aromatic N) is 1. The molecular formula is C12H19N3O5. The molecule has 1 unspecified atom stereocenters. The zero-order chi connectivity index (χ0) is 15.3. The second-order valence-corrected chi connectivity index (χ2v) is 4.47. The fraction of sp³-hybridized carbons (Fsp3) is 0.500. The van der Waals surface area contributed by atoms with E-state index in [1.54, 1.807) is 6.92 Å². The molecule has 1 rings (SSSR count). The molecule has 1 heterocycles. The van der Waals surface area contributed by atoms with E-state index in [9.17, 15) is 19.8 Å². The smallest absolute Gasteiger partial charge is 0.227 e. The van der Waals surface area contributed by atoms with E-state index >= 15 is 0 Å². The topological polar surface area (TPSA) is 124 Å². The van der Waals surface area contributed by atoms with E-state index in [-0.39, 0.29) is 42.9 Å². The number of amides is 2. The highest BCUT2D eigenvalue weighted by atomic mass is 16.3. The van der Waals surface area contributed by atoms with Crippen molar-refractivity contribution in [3.8, 4) is 11.8 Å². The van der Waals surface area contributed by atoms with Crippen LogP contribution in [0.3, 0.4) is 0 Å². The van der Waals surface area contributed by atoms with Crippen LogP contribution in [0.2, 0.25) is 0 Å². The van der Waals surface area contributed by atoms with Crippen molar-refractivity contribution in [3.63, 3.8) is 0 Å². The highest BCUT2D eigenvalue weighted by Crippen LogP contribution is 2.30. The molecule has 0 saturated heterocycles. The molecule has 2 amide bonds. The number of aromatic hydroxyl groups is 2. The van der Waals surface area contributed by atoms with Crippen molar-refractivity contribution < 1.29 is 24.9 Å². The average molecular weight is 285 g/mol. The maximum atomic E-state index is 11.9. The van der Waals surface area contributed by atoms with Crippen LogP contribution >= 0.6 is 0 Å². The van der Waals surface area contributed by atoms with Crippen molar-refractivity contribution in [3.05, 3.63) is 6.07 Å². The summed E-state index contributed by atoms with van der Waals surface area (Å²) >= 11 is 0. The van der Waals surface area contributed by atoms with Gasteiger partial charge in [0.1, 0.15) is 5.69 Å². The SMILES string of the molecule is CC(CC(=O)NCCO)C(=O)Nc1cc(O)n(C)c1O. The van der Waals surface area contributed by atoms with Crippen LogP contribution in [0.25, 0.3) is 0 Å². The van der Waals surface area contributed by atoms with Crippen LogP contribution in [-0.4, -0.2) is 44.9 Å². The predicted molar refractivity (Wildman–Crippen MR) is 71.2 cm³/mol. The van der Waals surface area contributed by atoms with Gasteiger partial charge in [-0.3, -0.25) is 14.2 Å². The minimum Gasteiger partial charge on any atom is -0.494 e. The fourth-order valence-corrected chi connectivity index (χ4v) is 1.57. The molecule has 112 valence electrons. The van der Waals surface area contributed by atoms with Crippen molar-refractivity contribution in [2.24, 2.45) is 13.0 Å². The standard InChI is InChI=1S/C12H19N3O5/c1-7(5-9(17)13-3-4-16)11(19)14-8-6-10(18)15(2)12(8)20/h6-7,16,18,20H,3-5H2,1-2H3,(H,13,17)(H,14,19). The average Bonchev–Trinajstić information content (AvgIpc) is 2.63. The van der Waals surface area contributed by atoms with Crippen LogP contribution in [0.15, 0.2) is 6.07 Å². The molecule has 1 aromatic rings. The maximum Gasteiger partial charge on any atom is 0.227 e. The van der Waals surface area contributed by atoms with Gasteiger partial charge in [0.25, 0.3) is 0 Å². The van der Waals surface area contributed by atoms with Gasteiger partial charge in [-0.15, -0.1) is 0 Å². The number of aliphatic hydroxyl groups is 1. The van der Waals surface area contributed by atoms with E-state index in [1.807, 2.05) is 0 Å². The Morgan fingerprint density at radius 2 is 2.05 bits per heavy atom. The van der Waals surface area contributed by atoms with Crippen molar-refractivity contribution >= 4 is 17.5 Å². The Bertz CT molecular complexity index is 498. The summed E-state index contributed by atoms with van der Waals surface area (Å²) in [4.78, 5) is 23.3. The molecule has 0 bridgehead atoms. The second-order valence-electron chi connectivity index (χ2n) is 4.47. The first kappa shape index (κ1) is 15.8. The van der Waals surface area contributed by atoms with Crippen LogP contribution in [0, 0.1) is 5.92 Å². The Labute approximate surface area is 116 Å². The molecule has 0 aromatic carbocycles. The summed E-state index contributed by atoms with van der Waals surface area (Å²) in [7, 11) is 1.44. The van der Waals surface area contributed by atoms with E-state index in [1.165, 1.54) is 13.1 Å². The molecule has 0 aliphatic carbocycles. The van der Waals surface area contributed by atoms with Crippen LogP contribution < -0.4 is 10.6 Å². The second kappa shape index (κ2) is 6.80. The Balaban J connectivity index is 2.57. The quantitative estimate of drug-likeness (QED) is 0.482. The van der Waals surface area contributed by atoms with Gasteiger partial charge >= 0.3 is 0 Å². The predicted octanol–water partition coefficient (Wildman–Crippen LogP) is -0.491. The van der Waals surface area contributed by atoms with Crippen molar-refractivity contribution in [1.29, 1.82) is 0 Å². The Hall–Kier alpha value is -2.22. The Morgan fingerprint density at radius 3 is 2.55 bits per heavy atom. The summed E-state index contributed by atoms with van der Waals surface area (Å²) in [6.45, 7) is 1.54. The molecule has 0 aliphatic rings. The third-order valence-corrected chi connectivity index (χ3v) is 2.81. The van der Waals surface area contributed by atoms with E-state index in [0.29, 0.717) is 0 Å². The van der Waals surface area contributed by atoms with Crippen molar-refractivity contribution in [1.82, 2.24) is 9.88 Å². The number of rotatable bonds is 6. The van der Waals surface area contributed by atoms with Crippen LogP contribution in [-0.2, 0) is 16.6 Å². The number of carbonyl (C=O) groups is 2. The lowest BCUT2D eigenvalue weighted by Crippen LogP contribution is -2.31. The summed E-state index contributed by atoms with van der Waals surface area (Å²) in [6.07, 6.45) is -0.0363. The van der Waals surface area contributed by atoms with Gasteiger partial charge in [0.05, 0.1) is 6.61 Å². The first-order valence-corrected chi connectivity index (χ1v) is 6.12. The molecule has 8 heteroatoms. The lowest BCUT2D eigenvalue weighted by molar-refractivity contribution is -0.127. The van der Waals surface area contributed by atoms with Gasteiger partial charge in [-0.2, -0.15) is 0 Å². The molecule has 0 fully saturated rings. The molecule has 1 atom stereocenters. The van der Waals surface area contributed by atoms with Gasteiger partial charge in [-0.1, -0.05) is 6.92 Å². The molecule has 0 spiro atoms. The molecule has 0 aliphatic heterocycles. The van der Waals surface area contributed by atoms with Crippen molar-refractivity contribution in [2.45, 2.75) is 13.3 Å². The van der Waals surface area contributed by atoms with Crippen LogP contribution in [0.4, 0.5) is 5.69 Å². The summed E-state index contributed by atoms with van der Waals surface area (Å²) < 4.78 is 1.11. The largest absolute Gasteiger partial charge is 0.494 e. The van der Waals surface area contributed by atoms with Gasteiger partial charge in [0, 0.05) is 32.0 Å². The lowest BCUT2D eigenvalue weighted by Gasteiger charge is -2.11. The van der Waals surface area contributed by atoms with E-state index in [0.717, 1.165) is 4.57 Å². The maximum absolute atomic E-state index is 11.9. The number of aromatic nitrogens is 1. The Kier molecular flexibility index (Phi) is 5.39. The van der Waals surface area contributed by atoms with Gasteiger partial charge in [0.15, 0.2) is 5.88 Å². The first-order chi connectivity index (χ1) is 9.36. The third-order valence-electron chi connectivity index (χ3n) is 2.81. The minimum atomic E-state index is -0.615. The van der Waals surface area contributed by atoms with Gasteiger partial charge in [0.2, 0.25) is 17.7 Å². The lowest BCUT2D eigenvalue weighted by atomic mass is 10.1. The molecule has 20 heavy (non-hydrogen) atoms. The molecule has 8 nitrogen and oxygen atoms in total. The van der Waals surface area contributed by atoms with Crippen molar-refractivity contribution in [2.75, 3.05) is 18.5 Å². The fourth-order valence-electron chi connectivity index (χ4n) is 1.57. The highest BCUT2D eigenvalue weighted by molar-refractivity contribution is 5.96.